The van der Waals surface area contributed by atoms with Crippen molar-refractivity contribution in [2.75, 3.05) is 39.6 Å². The lowest BCUT2D eigenvalue weighted by molar-refractivity contribution is -0.161. The number of aliphatic hydroxyl groups excluding tert-OH is 1. The Kier molecular flexibility index (Phi) is 68.1. The Morgan fingerprint density at radius 2 is 0.520 bits per heavy atom. The molecule has 0 aromatic rings. The third kappa shape index (κ3) is 71.1. The van der Waals surface area contributed by atoms with Crippen LogP contribution in [-0.2, 0) is 65.4 Å². The molecule has 0 aromatic heterocycles. The number of unbranched alkanes of at least 4 members (excludes halogenated alkanes) is 44. The monoisotopic (exact) mass is 1440 g/mol. The summed E-state index contributed by atoms with van der Waals surface area (Å²) < 4.78 is 68.6. The smallest absolute Gasteiger partial charge is 0.462 e. The van der Waals surface area contributed by atoms with Gasteiger partial charge in [-0.15, -0.1) is 0 Å². The lowest BCUT2D eigenvalue weighted by Crippen LogP contribution is -2.30. The molecule has 582 valence electrons. The molecular weight excluding hydrogens is 1280 g/mol. The van der Waals surface area contributed by atoms with Gasteiger partial charge in [-0.05, 0) is 43.4 Å². The highest BCUT2D eigenvalue weighted by Gasteiger charge is 2.30. The second-order valence-corrected chi connectivity index (χ2v) is 32.6. The van der Waals surface area contributed by atoms with Crippen LogP contribution < -0.4 is 0 Å². The van der Waals surface area contributed by atoms with Gasteiger partial charge in [-0.2, -0.15) is 0 Å². The number of rotatable bonds is 77. The van der Waals surface area contributed by atoms with Gasteiger partial charge >= 0.3 is 39.5 Å². The molecule has 0 aliphatic rings. The number of aliphatic hydroxyl groups is 1. The van der Waals surface area contributed by atoms with Crippen molar-refractivity contribution in [2.24, 2.45) is 17.8 Å². The Morgan fingerprint density at radius 3 is 0.776 bits per heavy atom. The maximum absolute atomic E-state index is 13.1. The highest BCUT2D eigenvalue weighted by Crippen LogP contribution is 2.45. The SMILES string of the molecule is CCCCCCCCCCCCCCCCCCCCCCC(=O)O[C@H](COC(=O)CCCCCCCCCCCCCCCCC(C)CC)COP(=O)(O)OC[C@@H](O)COP(=O)(O)OC[C@@H](COC(=O)CCCCCCCCCC(C)C)OC(=O)CCCCCCCCCC(C)C. The highest BCUT2D eigenvalue weighted by molar-refractivity contribution is 7.47. The van der Waals surface area contributed by atoms with Gasteiger partial charge in [0.1, 0.15) is 19.3 Å². The fourth-order valence-corrected chi connectivity index (χ4v) is 13.7. The van der Waals surface area contributed by atoms with Gasteiger partial charge in [-0.3, -0.25) is 37.3 Å². The van der Waals surface area contributed by atoms with E-state index < -0.39 is 97.5 Å². The Balaban J connectivity index is 5.21. The fourth-order valence-electron chi connectivity index (χ4n) is 12.1. The van der Waals surface area contributed by atoms with Crippen LogP contribution in [0.4, 0.5) is 0 Å². The molecule has 6 atom stereocenters. The van der Waals surface area contributed by atoms with Crippen LogP contribution in [0.3, 0.4) is 0 Å². The number of phosphoric ester groups is 2. The number of carbonyl (C=O) groups excluding carboxylic acids is 4. The van der Waals surface area contributed by atoms with Gasteiger partial charge in [0.15, 0.2) is 12.2 Å². The molecule has 98 heavy (non-hydrogen) atoms. The minimum Gasteiger partial charge on any atom is -0.462 e. The molecule has 0 aliphatic carbocycles. The summed E-state index contributed by atoms with van der Waals surface area (Å²) in [5.74, 6) is 0.132. The van der Waals surface area contributed by atoms with Crippen molar-refractivity contribution < 1.29 is 80.2 Å². The first-order valence-electron chi connectivity index (χ1n) is 40.9. The molecule has 0 saturated carbocycles. The molecule has 19 heteroatoms. The summed E-state index contributed by atoms with van der Waals surface area (Å²) in [5, 5.41) is 10.6. The molecular formula is C79H154O17P2. The van der Waals surface area contributed by atoms with E-state index in [1.165, 1.54) is 212 Å². The van der Waals surface area contributed by atoms with Gasteiger partial charge in [0, 0.05) is 25.7 Å². The molecule has 0 rings (SSSR count). The van der Waals surface area contributed by atoms with Crippen molar-refractivity contribution >= 4 is 39.5 Å². The van der Waals surface area contributed by atoms with Crippen LogP contribution in [0, 0.1) is 17.8 Å². The summed E-state index contributed by atoms with van der Waals surface area (Å²) in [6.45, 7) is 11.9. The number of hydrogen-bond acceptors (Lipinski definition) is 15. The first-order valence-corrected chi connectivity index (χ1v) is 43.9. The summed E-state index contributed by atoms with van der Waals surface area (Å²) in [6, 6.07) is 0. The van der Waals surface area contributed by atoms with Gasteiger partial charge in [0.25, 0.3) is 0 Å². The largest absolute Gasteiger partial charge is 0.472 e. The summed E-state index contributed by atoms with van der Waals surface area (Å²) in [4.78, 5) is 72.9. The quantitative estimate of drug-likeness (QED) is 0.0222. The van der Waals surface area contributed by atoms with Crippen molar-refractivity contribution in [3.8, 4) is 0 Å². The van der Waals surface area contributed by atoms with E-state index in [-0.39, 0.29) is 25.7 Å². The normalized spacial score (nSPS) is 14.3. The number of phosphoric acid groups is 2. The van der Waals surface area contributed by atoms with E-state index in [4.69, 9.17) is 37.0 Å². The number of ether oxygens (including phenoxy) is 4. The Labute approximate surface area is 600 Å². The molecule has 0 spiro atoms. The zero-order valence-corrected chi connectivity index (χ0v) is 66.0. The molecule has 0 bridgehead atoms. The van der Waals surface area contributed by atoms with Crippen LogP contribution in [0.2, 0.25) is 0 Å². The van der Waals surface area contributed by atoms with E-state index in [0.717, 1.165) is 102 Å². The van der Waals surface area contributed by atoms with Crippen molar-refractivity contribution in [3.05, 3.63) is 0 Å². The van der Waals surface area contributed by atoms with Crippen molar-refractivity contribution in [1.82, 2.24) is 0 Å². The number of carbonyl (C=O) groups is 4. The average molecular weight is 1440 g/mol. The first-order chi connectivity index (χ1) is 47.3. The van der Waals surface area contributed by atoms with E-state index >= 15 is 0 Å². The van der Waals surface area contributed by atoms with E-state index in [0.29, 0.717) is 37.5 Å². The maximum Gasteiger partial charge on any atom is 0.472 e. The number of hydrogen-bond donors (Lipinski definition) is 3. The molecule has 3 unspecified atom stereocenters. The predicted molar refractivity (Wildman–Crippen MR) is 400 cm³/mol. The van der Waals surface area contributed by atoms with Gasteiger partial charge in [0.05, 0.1) is 26.4 Å². The van der Waals surface area contributed by atoms with E-state index in [2.05, 4.69) is 48.5 Å². The molecule has 0 aliphatic heterocycles. The van der Waals surface area contributed by atoms with Gasteiger partial charge in [-0.25, -0.2) is 9.13 Å². The molecule has 0 radical (unpaired) electrons. The maximum atomic E-state index is 13.1. The van der Waals surface area contributed by atoms with Crippen molar-refractivity contribution in [2.45, 2.75) is 426 Å². The van der Waals surface area contributed by atoms with Gasteiger partial charge in [0.2, 0.25) is 0 Å². The van der Waals surface area contributed by atoms with Crippen molar-refractivity contribution in [3.63, 3.8) is 0 Å². The van der Waals surface area contributed by atoms with Crippen LogP contribution >= 0.6 is 15.6 Å². The first kappa shape index (κ1) is 96.1. The summed E-state index contributed by atoms with van der Waals surface area (Å²) >= 11 is 0. The predicted octanol–water partition coefficient (Wildman–Crippen LogP) is 23.4. The van der Waals surface area contributed by atoms with Gasteiger partial charge < -0.3 is 33.8 Å². The summed E-state index contributed by atoms with van der Waals surface area (Å²) in [6.07, 6.45) is 57.2. The molecule has 0 saturated heterocycles. The summed E-state index contributed by atoms with van der Waals surface area (Å²) in [7, 11) is -9.91. The minimum absolute atomic E-state index is 0.103. The zero-order chi connectivity index (χ0) is 72.3. The van der Waals surface area contributed by atoms with Crippen molar-refractivity contribution in [1.29, 1.82) is 0 Å². The highest BCUT2D eigenvalue weighted by atomic mass is 31.2. The van der Waals surface area contributed by atoms with Crippen LogP contribution in [0.1, 0.15) is 408 Å². The molecule has 17 nitrogen and oxygen atoms in total. The summed E-state index contributed by atoms with van der Waals surface area (Å²) in [5.41, 5.74) is 0. The van der Waals surface area contributed by atoms with Crippen LogP contribution in [0.15, 0.2) is 0 Å². The van der Waals surface area contributed by atoms with E-state index in [1.807, 2.05) is 0 Å². The Morgan fingerprint density at radius 1 is 0.296 bits per heavy atom. The minimum atomic E-state index is -4.96. The molecule has 3 N–H and O–H groups in total. The van der Waals surface area contributed by atoms with E-state index in [9.17, 15) is 43.2 Å². The second kappa shape index (κ2) is 69.4. The van der Waals surface area contributed by atoms with E-state index in [1.54, 1.807) is 0 Å². The van der Waals surface area contributed by atoms with Crippen LogP contribution in [-0.4, -0.2) is 96.7 Å². The molecule has 0 aromatic carbocycles. The van der Waals surface area contributed by atoms with Crippen LogP contribution in [0.25, 0.3) is 0 Å². The second-order valence-electron chi connectivity index (χ2n) is 29.6. The zero-order valence-electron chi connectivity index (χ0n) is 64.3. The Bertz CT molecular complexity index is 1910. The fraction of sp³-hybridized carbons (Fsp3) is 0.949. The third-order valence-corrected chi connectivity index (χ3v) is 20.6. The lowest BCUT2D eigenvalue weighted by Gasteiger charge is -2.21. The third-order valence-electron chi connectivity index (χ3n) is 18.7. The standard InChI is InChI=1S/C79H154O17P2/c1-8-10-11-12-13-14-15-16-17-18-19-20-21-22-27-30-33-40-48-55-62-78(83)95-74(66-89-76(81)60-53-46-39-32-29-26-24-23-25-28-31-38-45-52-59-72(7)9-2)68-93-97(85,86)91-64-73(80)65-92-98(87,88)94-69-75(96-79(84)63-56-49-42-35-37-44-51-58-71(5)6)67-90-77(82)61-54-47-41-34-36-43-50-57-70(3)4/h70-75,80H,8-69H2,1-7H3,(H,85,86)(H,87,88)/t72?,73-,74-,75-/m1/s1. The molecule has 0 amide bonds. The average Bonchev–Trinajstić information content (AvgIpc) is 1.08. The van der Waals surface area contributed by atoms with Crippen LogP contribution in [0.5, 0.6) is 0 Å². The molecule has 0 fully saturated rings. The topological polar surface area (TPSA) is 237 Å². The van der Waals surface area contributed by atoms with Gasteiger partial charge in [-0.1, -0.05) is 357 Å². The molecule has 0 heterocycles. The number of esters is 4. The lowest BCUT2D eigenvalue weighted by atomic mass is 9.99. The Hall–Kier alpha value is -1.94.